The molecule has 1 aliphatic heterocycles. The van der Waals surface area contributed by atoms with Gasteiger partial charge in [-0.05, 0) is 30.2 Å². The molecule has 1 aliphatic rings. The van der Waals surface area contributed by atoms with Crippen LogP contribution >= 0.6 is 0 Å². The van der Waals surface area contributed by atoms with Crippen LogP contribution in [0.15, 0.2) is 48.5 Å². The predicted molar refractivity (Wildman–Crippen MR) is 84.0 cm³/mol. The fourth-order valence-corrected chi connectivity index (χ4v) is 2.45. The smallest absolute Gasteiger partial charge is 0.363 e. The summed E-state index contributed by atoms with van der Waals surface area (Å²) in [7, 11) is 1.18. The molecule has 120 valence electrons. The van der Waals surface area contributed by atoms with E-state index in [0.717, 1.165) is 6.07 Å². The van der Waals surface area contributed by atoms with Crippen LogP contribution in [0.4, 0.5) is 4.39 Å². The van der Waals surface area contributed by atoms with Gasteiger partial charge in [0.05, 0.1) is 19.1 Å². The quantitative estimate of drug-likeness (QED) is 0.598. The number of methoxy groups -OCH3 is 1. The maximum atomic E-state index is 13.5. The van der Waals surface area contributed by atoms with Gasteiger partial charge in [-0.2, -0.15) is 0 Å². The molecule has 2 aromatic rings. The summed E-state index contributed by atoms with van der Waals surface area (Å²) < 4.78 is 23.9. The lowest BCUT2D eigenvalue weighted by Crippen LogP contribution is -2.48. The zero-order valence-corrected chi connectivity index (χ0v) is 12.8. The van der Waals surface area contributed by atoms with E-state index in [4.69, 9.17) is 9.47 Å². The van der Waals surface area contributed by atoms with Gasteiger partial charge >= 0.3 is 5.97 Å². The monoisotopic (exact) mass is 324 g/mol. The number of Topliss-reactive ketones (excluding diaryl/α,β-unsaturated/α-hetero) is 1. The first kappa shape index (κ1) is 15.8. The molecule has 1 heterocycles. The van der Waals surface area contributed by atoms with E-state index in [0.29, 0.717) is 5.56 Å². The van der Waals surface area contributed by atoms with Crippen molar-refractivity contribution in [2.75, 3.05) is 7.11 Å². The largest absolute Gasteiger partial charge is 0.465 e. The highest BCUT2D eigenvalue weighted by atomic mass is 19.1. The van der Waals surface area contributed by atoms with Crippen molar-refractivity contribution in [1.82, 2.24) is 0 Å². The van der Waals surface area contributed by atoms with Crippen LogP contribution in [0.3, 0.4) is 0 Å². The minimum atomic E-state index is -1.79. The second-order valence-corrected chi connectivity index (χ2v) is 5.28. The van der Waals surface area contributed by atoms with E-state index in [-0.39, 0.29) is 23.5 Å². The van der Waals surface area contributed by atoms with Gasteiger partial charge in [0.25, 0.3) is 5.60 Å². The molecular formula is C19H13FO4. The molecule has 0 unspecified atom stereocenters. The van der Waals surface area contributed by atoms with E-state index in [9.17, 15) is 14.0 Å². The lowest BCUT2D eigenvalue weighted by atomic mass is 9.90. The number of fused-ring (bicyclic) bond motifs is 1. The Kier molecular flexibility index (Phi) is 4.05. The molecule has 3 rings (SSSR count). The first-order valence-corrected chi connectivity index (χ1v) is 7.22. The van der Waals surface area contributed by atoms with E-state index >= 15 is 0 Å². The number of rotatable bonds is 1. The molecule has 0 aromatic heterocycles. The summed E-state index contributed by atoms with van der Waals surface area (Å²) in [6, 6.07) is 12.5. The summed E-state index contributed by atoms with van der Waals surface area (Å²) in [5.41, 5.74) is -0.915. The molecule has 0 N–H and O–H groups in total. The van der Waals surface area contributed by atoms with Crippen LogP contribution in [0, 0.1) is 17.7 Å². The maximum Gasteiger partial charge on any atom is 0.363 e. The van der Waals surface area contributed by atoms with Gasteiger partial charge in [0.15, 0.2) is 5.78 Å². The van der Waals surface area contributed by atoms with Crippen molar-refractivity contribution in [3.05, 3.63) is 65.5 Å². The van der Waals surface area contributed by atoms with Gasteiger partial charge in [0.1, 0.15) is 11.6 Å². The Morgan fingerprint density at radius 1 is 1.25 bits per heavy atom. The van der Waals surface area contributed by atoms with Gasteiger partial charge in [-0.3, -0.25) is 4.79 Å². The summed E-state index contributed by atoms with van der Waals surface area (Å²) in [5.74, 6) is 3.78. The molecule has 0 aliphatic carbocycles. The molecular weight excluding hydrogens is 311 g/mol. The van der Waals surface area contributed by atoms with Crippen molar-refractivity contribution in [1.29, 1.82) is 0 Å². The number of esters is 1. The Morgan fingerprint density at radius 3 is 2.71 bits per heavy atom. The van der Waals surface area contributed by atoms with Crippen LogP contribution in [0.1, 0.15) is 22.3 Å². The van der Waals surface area contributed by atoms with Gasteiger partial charge in [-0.15, -0.1) is 0 Å². The Labute approximate surface area is 138 Å². The number of hydrogen-bond acceptors (Lipinski definition) is 4. The van der Waals surface area contributed by atoms with Crippen LogP contribution in [-0.2, 0) is 9.53 Å². The molecule has 0 spiro atoms. The molecule has 0 amide bonds. The second kappa shape index (κ2) is 6.17. The number of ether oxygens (including phenoxy) is 2. The van der Waals surface area contributed by atoms with Crippen molar-refractivity contribution < 1.29 is 23.5 Å². The third-order valence-corrected chi connectivity index (χ3v) is 3.64. The average Bonchev–Trinajstić information content (AvgIpc) is 2.59. The molecule has 1 atom stereocenters. The molecule has 0 saturated heterocycles. The number of ketones is 1. The summed E-state index contributed by atoms with van der Waals surface area (Å²) >= 11 is 0. The lowest BCUT2D eigenvalue weighted by Gasteiger charge is -2.31. The fraction of sp³-hybridized carbons (Fsp3) is 0.158. The Morgan fingerprint density at radius 2 is 2.00 bits per heavy atom. The molecule has 0 bridgehead atoms. The average molecular weight is 324 g/mol. The summed E-state index contributed by atoms with van der Waals surface area (Å²) in [6.07, 6.45) is -0.294. The van der Waals surface area contributed by atoms with Crippen LogP contribution in [-0.4, -0.2) is 24.5 Å². The van der Waals surface area contributed by atoms with Crippen LogP contribution in [0.2, 0.25) is 0 Å². The van der Waals surface area contributed by atoms with Crippen LogP contribution in [0.25, 0.3) is 0 Å². The molecule has 0 radical (unpaired) electrons. The minimum Gasteiger partial charge on any atom is -0.465 e. The number of halogens is 1. The number of hydrogen-bond donors (Lipinski definition) is 0. The third-order valence-electron chi connectivity index (χ3n) is 3.64. The van der Waals surface area contributed by atoms with E-state index < -0.39 is 17.4 Å². The van der Waals surface area contributed by atoms with E-state index in [2.05, 4.69) is 11.8 Å². The highest BCUT2D eigenvalue weighted by Gasteiger charge is 2.47. The maximum absolute atomic E-state index is 13.5. The Bertz CT molecular complexity index is 864. The van der Waals surface area contributed by atoms with Crippen LogP contribution in [0.5, 0.6) is 5.75 Å². The topological polar surface area (TPSA) is 52.6 Å². The Balaban J connectivity index is 2.07. The van der Waals surface area contributed by atoms with E-state index in [1.807, 2.05) is 6.07 Å². The fourth-order valence-electron chi connectivity index (χ4n) is 2.45. The second-order valence-electron chi connectivity index (χ2n) is 5.28. The molecule has 4 nitrogen and oxygen atoms in total. The number of carbonyl (C=O) groups is 2. The van der Waals surface area contributed by atoms with Crippen molar-refractivity contribution in [2.24, 2.45) is 0 Å². The van der Waals surface area contributed by atoms with Gasteiger partial charge in [-0.1, -0.05) is 24.1 Å². The Hall–Kier alpha value is -3.13. The minimum absolute atomic E-state index is 0.0148. The first-order chi connectivity index (χ1) is 11.5. The predicted octanol–water partition coefficient (Wildman–Crippen LogP) is 2.75. The molecule has 2 aromatic carbocycles. The zero-order chi connectivity index (χ0) is 17.2. The van der Waals surface area contributed by atoms with Gasteiger partial charge in [0.2, 0.25) is 0 Å². The highest BCUT2D eigenvalue weighted by molar-refractivity contribution is 6.05. The van der Waals surface area contributed by atoms with Crippen molar-refractivity contribution in [3.8, 4) is 17.6 Å². The van der Waals surface area contributed by atoms with Crippen molar-refractivity contribution in [3.63, 3.8) is 0 Å². The summed E-state index contributed by atoms with van der Waals surface area (Å²) in [6.45, 7) is 0. The first-order valence-electron chi connectivity index (χ1n) is 7.22. The molecule has 0 fully saturated rings. The molecule has 5 heteroatoms. The summed E-state index contributed by atoms with van der Waals surface area (Å²) in [4.78, 5) is 24.6. The van der Waals surface area contributed by atoms with Crippen molar-refractivity contribution in [2.45, 2.75) is 12.0 Å². The number of benzene rings is 2. The molecule has 0 saturated carbocycles. The highest BCUT2D eigenvalue weighted by Crippen LogP contribution is 2.34. The standard InChI is InChI=1S/C19H13FO4/c1-23-18(22)19(10-9-13-5-3-2-4-6-13)12-16(21)15-8-7-14(20)11-17(15)24-19/h2-8,11H,12H2,1H3/t19-/m0/s1. The van der Waals surface area contributed by atoms with Gasteiger partial charge < -0.3 is 9.47 Å². The zero-order valence-electron chi connectivity index (χ0n) is 12.8. The SMILES string of the molecule is COC(=O)[C@]1(C#Cc2ccccc2)CC(=O)c2ccc(F)cc2O1. The van der Waals surface area contributed by atoms with E-state index in [1.54, 1.807) is 24.3 Å². The normalized spacial score (nSPS) is 18.7. The lowest BCUT2D eigenvalue weighted by molar-refractivity contribution is -0.154. The molecule has 24 heavy (non-hydrogen) atoms. The van der Waals surface area contributed by atoms with Gasteiger partial charge in [0, 0.05) is 11.6 Å². The van der Waals surface area contributed by atoms with Crippen molar-refractivity contribution >= 4 is 11.8 Å². The van der Waals surface area contributed by atoms with E-state index in [1.165, 1.54) is 19.2 Å². The summed E-state index contributed by atoms with van der Waals surface area (Å²) in [5, 5.41) is 0. The third kappa shape index (κ3) is 2.86. The van der Waals surface area contributed by atoms with Gasteiger partial charge in [-0.25, -0.2) is 9.18 Å². The van der Waals surface area contributed by atoms with Crippen LogP contribution < -0.4 is 4.74 Å². The number of carbonyl (C=O) groups excluding carboxylic acids is 2.